The van der Waals surface area contributed by atoms with Gasteiger partial charge < -0.3 is 10.6 Å². The van der Waals surface area contributed by atoms with Crippen molar-refractivity contribution in [3.63, 3.8) is 0 Å². The Kier molecular flexibility index (Phi) is 7.73. The minimum atomic E-state index is -0.541. The smallest absolute Gasteiger partial charge is 0.251 e. The highest BCUT2D eigenvalue weighted by atomic mass is 32.2. The fourth-order valence-corrected chi connectivity index (χ4v) is 3.02. The van der Waals surface area contributed by atoms with Crippen LogP contribution in [0.15, 0.2) is 48.5 Å². The zero-order chi connectivity index (χ0) is 18.9. The lowest BCUT2D eigenvalue weighted by molar-refractivity contribution is -0.123. The van der Waals surface area contributed by atoms with Gasteiger partial charge in [0.05, 0.1) is 0 Å². The second-order valence-electron chi connectivity index (χ2n) is 6.38. The Hall–Kier alpha value is -2.27. The standard InChI is InChI=1S/C21H26N2O2S/c1-15-7-9-17(10-8-15)14-22-21(25)19(11-12-26-3)23-20(24)18-6-4-5-16(2)13-18/h4-10,13,19H,11-12,14H2,1-3H3,(H,22,25)(H,23,24)/t19-/m1/s1. The average Bonchev–Trinajstić information content (AvgIpc) is 2.64. The molecule has 26 heavy (non-hydrogen) atoms. The van der Waals surface area contributed by atoms with Gasteiger partial charge in [-0.25, -0.2) is 0 Å². The Labute approximate surface area is 159 Å². The zero-order valence-corrected chi connectivity index (χ0v) is 16.4. The second-order valence-corrected chi connectivity index (χ2v) is 7.37. The molecule has 2 rings (SSSR count). The van der Waals surface area contributed by atoms with E-state index in [0.29, 0.717) is 18.5 Å². The molecule has 0 aromatic heterocycles. The normalized spacial score (nSPS) is 11.7. The summed E-state index contributed by atoms with van der Waals surface area (Å²) >= 11 is 1.66. The van der Waals surface area contributed by atoms with Gasteiger partial charge in [0.25, 0.3) is 5.91 Å². The SMILES string of the molecule is CSCC[C@@H](NC(=O)c1cccc(C)c1)C(=O)NCc1ccc(C)cc1. The van der Waals surface area contributed by atoms with Crippen LogP contribution in [0, 0.1) is 13.8 Å². The molecule has 0 bridgehead atoms. The zero-order valence-electron chi connectivity index (χ0n) is 15.5. The van der Waals surface area contributed by atoms with Gasteiger partial charge in [-0.15, -0.1) is 0 Å². The molecule has 0 aliphatic heterocycles. The minimum Gasteiger partial charge on any atom is -0.350 e. The third kappa shape index (κ3) is 6.23. The van der Waals surface area contributed by atoms with Crippen LogP contribution in [-0.2, 0) is 11.3 Å². The van der Waals surface area contributed by atoms with Crippen molar-refractivity contribution in [2.24, 2.45) is 0 Å². The third-order valence-corrected chi connectivity index (χ3v) is 4.74. The van der Waals surface area contributed by atoms with E-state index < -0.39 is 6.04 Å². The van der Waals surface area contributed by atoms with Gasteiger partial charge in [-0.05, 0) is 50.0 Å². The van der Waals surface area contributed by atoms with Crippen molar-refractivity contribution in [3.05, 3.63) is 70.8 Å². The molecule has 0 saturated carbocycles. The number of hydrogen-bond acceptors (Lipinski definition) is 3. The van der Waals surface area contributed by atoms with E-state index >= 15 is 0 Å². The summed E-state index contributed by atoms with van der Waals surface area (Å²) in [5.74, 6) is 0.433. The van der Waals surface area contributed by atoms with E-state index in [1.54, 1.807) is 17.8 Å². The highest BCUT2D eigenvalue weighted by Gasteiger charge is 2.21. The van der Waals surface area contributed by atoms with Gasteiger partial charge in [-0.3, -0.25) is 9.59 Å². The molecule has 0 spiro atoms. The fourth-order valence-electron chi connectivity index (χ4n) is 2.55. The number of carbonyl (C=O) groups excluding carboxylic acids is 2. The van der Waals surface area contributed by atoms with Crippen LogP contribution in [0.25, 0.3) is 0 Å². The molecule has 2 N–H and O–H groups in total. The van der Waals surface area contributed by atoms with Gasteiger partial charge >= 0.3 is 0 Å². The van der Waals surface area contributed by atoms with Gasteiger partial charge in [0, 0.05) is 12.1 Å². The van der Waals surface area contributed by atoms with Crippen LogP contribution in [0.1, 0.15) is 33.5 Å². The summed E-state index contributed by atoms with van der Waals surface area (Å²) < 4.78 is 0. The van der Waals surface area contributed by atoms with Crippen LogP contribution in [0.3, 0.4) is 0 Å². The number of aryl methyl sites for hydroxylation is 2. The van der Waals surface area contributed by atoms with Crippen LogP contribution in [0.5, 0.6) is 0 Å². The molecular weight excluding hydrogens is 344 g/mol. The molecule has 138 valence electrons. The Morgan fingerprint density at radius 2 is 1.77 bits per heavy atom. The number of thioether (sulfide) groups is 1. The first-order valence-electron chi connectivity index (χ1n) is 8.69. The molecular formula is C21H26N2O2S. The largest absolute Gasteiger partial charge is 0.350 e. The van der Waals surface area contributed by atoms with Gasteiger partial charge in [-0.1, -0.05) is 47.5 Å². The first kappa shape index (κ1) is 20.0. The Bertz CT molecular complexity index is 744. The van der Waals surface area contributed by atoms with Gasteiger partial charge in [0.2, 0.25) is 5.91 Å². The first-order valence-corrected chi connectivity index (χ1v) is 10.1. The van der Waals surface area contributed by atoms with Crippen molar-refractivity contribution in [2.45, 2.75) is 32.9 Å². The molecule has 0 heterocycles. The molecule has 0 aliphatic rings. The van der Waals surface area contributed by atoms with Crippen molar-refractivity contribution in [2.75, 3.05) is 12.0 Å². The first-order chi connectivity index (χ1) is 12.5. The second kappa shape index (κ2) is 10.0. The Morgan fingerprint density at radius 1 is 1.04 bits per heavy atom. The number of nitrogens with one attached hydrogen (secondary N) is 2. The predicted molar refractivity (Wildman–Crippen MR) is 108 cm³/mol. The highest BCUT2D eigenvalue weighted by molar-refractivity contribution is 7.98. The molecule has 0 aliphatic carbocycles. The summed E-state index contributed by atoms with van der Waals surface area (Å²) in [6.07, 6.45) is 2.59. The quantitative estimate of drug-likeness (QED) is 0.748. The van der Waals surface area contributed by atoms with E-state index in [9.17, 15) is 9.59 Å². The number of amides is 2. The summed E-state index contributed by atoms with van der Waals surface area (Å²) in [6, 6.07) is 14.9. The lowest BCUT2D eigenvalue weighted by Gasteiger charge is -2.18. The van der Waals surface area contributed by atoms with Crippen molar-refractivity contribution in [1.29, 1.82) is 0 Å². The summed E-state index contributed by atoms with van der Waals surface area (Å²) in [7, 11) is 0. The minimum absolute atomic E-state index is 0.152. The molecule has 1 atom stereocenters. The maximum atomic E-state index is 12.6. The molecule has 0 unspecified atom stereocenters. The van der Waals surface area contributed by atoms with E-state index in [2.05, 4.69) is 10.6 Å². The molecule has 4 nitrogen and oxygen atoms in total. The van der Waals surface area contributed by atoms with Gasteiger partial charge in [0.1, 0.15) is 6.04 Å². The summed E-state index contributed by atoms with van der Waals surface area (Å²) in [5, 5.41) is 5.81. The molecule has 0 radical (unpaired) electrons. The highest BCUT2D eigenvalue weighted by Crippen LogP contribution is 2.07. The van der Waals surface area contributed by atoms with Gasteiger partial charge in [0.15, 0.2) is 0 Å². The number of hydrogen-bond donors (Lipinski definition) is 2. The van der Waals surface area contributed by atoms with E-state index in [4.69, 9.17) is 0 Å². The van der Waals surface area contributed by atoms with E-state index in [1.807, 2.05) is 62.6 Å². The molecule has 2 amide bonds. The maximum Gasteiger partial charge on any atom is 0.251 e. The lowest BCUT2D eigenvalue weighted by atomic mass is 10.1. The van der Waals surface area contributed by atoms with Crippen molar-refractivity contribution < 1.29 is 9.59 Å². The molecule has 2 aromatic rings. The monoisotopic (exact) mass is 370 g/mol. The van der Waals surface area contributed by atoms with E-state index in [1.165, 1.54) is 5.56 Å². The van der Waals surface area contributed by atoms with Crippen molar-refractivity contribution >= 4 is 23.6 Å². The van der Waals surface area contributed by atoms with Crippen molar-refractivity contribution in [3.8, 4) is 0 Å². The number of benzene rings is 2. The van der Waals surface area contributed by atoms with Crippen LogP contribution in [-0.4, -0.2) is 29.9 Å². The number of carbonyl (C=O) groups is 2. The van der Waals surface area contributed by atoms with Crippen molar-refractivity contribution in [1.82, 2.24) is 10.6 Å². The molecule has 0 saturated heterocycles. The Balaban J connectivity index is 1.99. The lowest BCUT2D eigenvalue weighted by Crippen LogP contribution is -2.46. The maximum absolute atomic E-state index is 12.6. The summed E-state index contributed by atoms with van der Waals surface area (Å²) in [5.41, 5.74) is 3.81. The van der Waals surface area contributed by atoms with Crippen LogP contribution < -0.4 is 10.6 Å². The van der Waals surface area contributed by atoms with Crippen LogP contribution in [0.2, 0.25) is 0 Å². The van der Waals surface area contributed by atoms with E-state index in [-0.39, 0.29) is 11.8 Å². The predicted octanol–water partition coefficient (Wildman–Crippen LogP) is 3.47. The summed E-state index contributed by atoms with van der Waals surface area (Å²) in [6.45, 7) is 4.42. The van der Waals surface area contributed by atoms with E-state index in [0.717, 1.165) is 16.9 Å². The molecule has 5 heteroatoms. The fraction of sp³-hybridized carbons (Fsp3) is 0.333. The van der Waals surface area contributed by atoms with Crippen LogP contribution >= 0.6 is 11.8 Å². The topological polar surface area (TPSA) is 58.2 Å². The average molecular weight is 371 g/mol. The van der Waals surface area contributed by atoms with Crippen LogP contribution in [0.4, 0.5) is 0 Å². The molecule has 0 fully saturated rings. The Morgan fingerprint density at radius 3 is 2.42 bits per heavy atom. The summed E-state index contributed by atoms with van der Waals surface area (Å²) in [4.78, 5) is 25.1. The number of rotatable bonds is 8. The van der Waals surface area contributed by atoms with Gasteiger partial charge in [-0.2, -0.15) is 11.8 Å². The third-order valence-electron chi connectivity index (χ3n) is 4.10. The molecule has 2 aromatic carbocycles.